The van der Waals surface area contributed by atoms with E-state index in [1.54, 1.807) is 25.1 Å². The van der Waals surface area contributed by atoms with Crippen LogP contribution >= 0.6 is 0 Å². The molecule has 0 unspecified atom stereocenters. The second kappa shape index (κ2) is 11.0. The minimum atomic E-state index is -1.21. The molecule has 7 heteroatoms. The standard InChI is InChI=1S/C31H31F5O2/c1-3-5-6-7-19-12-13-21(29(34)28(19)33)18-10-8-17(9-11-18)20-14-22(32)26-23(15-20)38-24-16-25(37-4-2)30(35)31(36)27(24)26/h12-18H,3-11H2,1-2H3. The van der Waals surface area contributed by atoms with E-state index in [-0.39, 0.29) is 46.1 Å². The molecule has 0 saturated heterocycles. The number of halogens is 5. The Labute approximate surface area is 218 Å². The summed E-state index contributed by atoms with van der Waals surface area (Å²) >= 11 is 0. The van der Waals surface area contributed by atoms with Crippen LogP contribution in [0.2, 0.25) is 0 Å². The first-order valence-corrected chi connectivity index (χ1v) is 13.5. The van der Waals surface area contributed by atoms with Crippen molar-refractivity contribution in [3.05, 3.63) is 76.1 Å². The van der Waals surface area contributed by atoms with Crippen molar-refractivity contribution in [2.24, 2.45) is 0 Å². The van der Waals surface area contributed by atoms with Crippen molar-refractivity contribution in [3.63, 3.8) is 0 Å². The average molecular weight is 531 g/mol. The van der Waals surface area contributed by atoms with Crippen LogP contribution in [-0.4, -0.2) is 6.61 Å². The van der Waals surface area contributed by atoms with Crippen LogP contribution in [0, 0.1) is 29.1 Å². The maximum atomic E-state index is 15.2. The summed E-state index contributed by atoms with van der Waals surface area (Å²) in [6, 6.07) is 7.69. The topological polar surface area (TPSA) is 22.4 Å². The van der Waals surface area contributed by atoms with Crippen LogP contribution in [0.3, 0.4) is 0 Å². The highest BCUT2D eigenvalue weighted by Crippen LogP contribution is 2.44. The van der Waals surface area contributed by atoms with Gasteiger partial charge in [0, 0.05) is 6.07 Å². The number of furan rings is 1. The van der Waals surface area contributed by atoms with Crippen molar-refractivity contribution in [2.45, 2.75) is 77.0 Å². The van der Waals surface area contributed by atoms with E-state index in [2.05, 4.69) is 6.92 Å². The summed E-state index contributed by atoms with van der Waals surface area (Å²) in [5.41, 5.74) is 1.67. The van der Waals surface area contributed by atoms with Gasteiger partial charge < -0.3 is 9.15 Å². The van der Waals surface area contributed by atoms with Gasteiger partial charge in [0.2, 0.25) is 5.82 Å². The Bertz CT molecular complexity index is 1470. The van der Waals surface area contributed by atoms with Crippen LogP contribution in [0.1, 0.15) is 87.3 Å². The third-order valence-corrected chi connectivity index (χ3v) is 7.86. The van der Waals surface area contributed by atoms with Crippen molar-refractivity contribution in [1.29, 1.82) is 0 Å². The first kappa shape index (κ1) is 26.5. The third kappa shape index (κ3) is 4.76. The van der Waals surface area contributed by atoms with Crippen LogP contribution in [0.5, 0.6) is 5.75 Å². The smallest absolute Gasteiger partial charge is 0.201 e. The van der Waals surface area contributed by atoms with Gasteiger partial charge in [0.15, 0.2) is 23.2 Å². The highest BCUT2D eigenvalue weighted by molar-refractivity contribution is 6.06. The van der Waals surface area contributed by atoms with Gasteiger partial charge in [-0.3, -0.25) is 0 Å². The molecule has 1 fully saturated rings. The fourth-order valence-corrected chi connectivity index (χ4v) is 5.85. The van der Waals surface area contributed by atoms with Crippen molar-refractivity contribution >= 4 is 21.9 Å². The largest absolute Gasteiger partial charge is 0.491 e. The highest BCUT2D eigenvalue weighted by Gasteiger charge is 2.29. The average Bonchev–Trinajstić information content (AvgIpc) is 3.29. The molecule has 0 spiro atoms. The van der Waals surface area contributed by atoms with Gasteiger partial charge >= 0.3 is 0 Å². The first-order chi connectivity index (χ1) is 18.3. The molecular formula is C31H31F5O2. The van der Waals surface area contributed by atoms with Gasteiger partial charge in [-0.15, -0.1) is 0 Å². The molecule has 1 aliphatic rings. The molecule has 0 aliphatic heterocycles. The summed E-state index contributed by atoms with van der Waals surface area (Å²) in [6.45, 7) is 3.86. The van der Waals surface area contributed by atoms with Crippen LogP contribution in [0.4, 0.5) is 22.0 Å². The summed E-state index contributed by atoms with van der Waals surface area (Å²) < 4.78 is 85.0. The zero-order valence-corrected chi connectivity index (χ0v) is 21.6. The normalized spacial score (nSPS) is 18.0. The minimum absolute atomic E-state index is 0.0118. The van der Waals surface area contributed by atoms with E-state index in [9.17, 15) is 17.6 Å². The lowest BCUT2D eigenvalue weighted by Crippen LogP contribution is -2.14. The Morgan fingerprint density at radius 2 is 1.47 bits per heavy atom. The van der Waals surface area contributed by atoms with Crippen molar-refractivity contribution in [2.75, 3.05) is 6.61 Å². The molecule has 38 heavy (non-hydrogen) atoms. The molecule has 1 aliphatic carbocycles. The number of ether oxygens (including phenoxy) is 1. The quantitative estimate of drug-likeness (QED) is 0.167. The number of rotatable bonds is 8. The molecule has 1 aromatic heterocycles. The van der Waals surface area contributed by atoms with Crippen LogP contribution in [-0.2, 0) is 6.42 Å². The Morgan fingerprint density at radius 3 is 2.18 bits per heavy atom. The Balaban J connectivity index is 1.37. The minimum Gasteiger partial charge on any atom is -0.491 e. The molecule has 0 N–H and O–H groups in total. The van der Waals surface area contributed by atoms with Crippen LogP contribution < -0.4 is 4.74 Å². The lowest BCUT2D eigenvalue weighted by atomic mass is 9.75. The lowest BCUT2D eigenvalue weighted by Gasteiger charge is -2.29. The van der Waals surface area contributed by atoms with E-state index in [1.807, 2.05) is 0 Å². The molecule has 4 aromatic rings. The molecule has 0 amide bonds. The van der Waals surface area contributed by atoms with Gasteiger partial charge in [0.05, 0.1) is 17.4 Å². The number of unbranched alkanes of at least 4 members (excludes halogenated alkanes) is 2. The van der Waals surface area contributed by atoms with E-state index < -0.39 is 29.1 Å². The molecule has 202 valence electrons. The summed E-state index contributed by atoms with van der Waals surface area (Å²) in [7, 11) is 0. The number of hydrogen-bond donors (Lipinski definition) is 0. The van der Waals surface area contributed by atoms with Crippen LogP contribution in [0.15, 0.2) is 34.7 Å². The number of aryl methyl sites for hydroxylation is 1. The second-order valence-electron chi connectivity index (χ2n) is 10.2. The zero-order chi connectivity index (χ0) is 27.0. The van der Waals surface area contributed by atoms with Crippen molar-refractivity contribution in [1.82, 2.24) is 0 Å². The predicted molar refractivity (Wildman–Crippen MR) is 138 cm³/mol. The molecule has 3 aromatic carbocycles. The zero-order valence-electron chi connectivity index (χ0n) is 21.6. The number of hydrogen-bond acceptors (Lipinski definition) is 2. The number of fused-ring (bicyclic) bond motifs is 3. The summed E-state index contributed by atoms with van der Waals surface area (Å²) in [4.78, 5) is 0. The number of benzene rings is 3. The van der Waals surface area contributed by atoms with Gasteiger partial charge in [-0.25, -0.2) is 17.6 Å². The summed E-state index contributed by atoms with van der Waals surface area (Å²) in [6.07, 6.45) is 5.94. The molecule has 0 radical (unpaired) electrons. The second-order valence-corrected chi connectivity index (χ2v) is 10.2. The summed E-state index contributed by atoms with van der Waals surface area (Å²) in [5.74, 6) is -4.98. The monoisotopic (exact) mass is 530 g/mol. The fourth-order valence-electron chi connectivity index (χ4n) is 5.85. The Kier molecular flexibility index (Phi) is 7.64. The fraction of sp³-hybridized carbons (Fsp3) is 0.419. The van der Waals surface area contributed by atoms with E-state index in [1.165, 1.54) is 12.1 Å². The molecule has 0 bridgehead atoms. The van der Waals surface area contributed by atoms with Gasteiger partial charge in [-0.05, 0) is 86.1 Å². The van der Waals surface area contributed by atoms with Crippen LogP contribution in [0.25, 0.3) is 21.9 Å². The Hall–Kier alpha value is -3.09. The van der Waals surface area contributed by atoms with Gasteiger partial charge in [0.1, 0.15) is 17.0 Å². The molecule has 0 atom stereocenters. The third-order valence-electron chi connectivity index (χ3n) is 7.86. The molecular weight excluding hydrogens is 499 g/mol. The Morgan fingerprint density at radius 1 is 0.763 bits per heavy atom. The predicted octanol–water partition coefficient (Wildman–Crippen LogP) is 9.85. The van der Waals surface area contributed by atoms with Crippen molar-refractivity contribution < 1.29 is 31.1 Å². The van der Waals surface area contributed by atoms with E-state index in [0.717, 1.165) is 19.3 Å². The van der Waals surface area contributed by atoms with Crippen molar-refractivity contribution in [3.8, 4) is 5.75 Å². The highest BCUT2D eigenvalue weighted by atomic mass is 19.2. The molecule has 1 saturated carbocycles. The lowest BCUT2D eigenvalue weighted by molar-refractivity contribution is 0.315. The molecule has 5 rings (SSSR count). The van der Waals surface area contributed by atoms with Gasteiger partial charge in [-0.1, -0.05) is 31.9 Å². The van der Waals surface area contributed by atoms with Gasteiger partial charge in [0.25, 0.3) is 0 Å². The van der Waals surface area contributed by atoms with Gasteiger partial charge in [-0.2, -0.15) is 4.39 Å². The first-order valence-electron chi connectivity index (χ1n) is 13.5. The van der Waals surface area contributed by atoms with E-state index >= 15 is 4.39 Å². The molecule has 2 nitrogen and oxygen atoms in total. The maximum absolute atomic E-state index is 15.2. The SMILES string of the molecule is CCCCCc1ccc(C2CCC(c3cc(F)c4c(c3)oc3cc(OCC)c(F)c(F)c34)CC2)c(F)c1F. The molecule has 1 heterocycles. The van der Waals surface area contributed by atoms with E-state index in [0.29, 0.717) is 48.8 Å². The maximum Gasteiger partial charge on any atom is 0.201 e. The van der Waals surface area contributed by atoms with E-state index in [4.69, 9.17) is 9.15 Å². The summed E-state index contributed by atoms with van der Waals surface area (Å²) in [5, 5.41) is -0.349.